The van der Waals surface area contributed by atoms with Crippen LogP contribution in [0.5, 0.6) is 5.75 Å². The van der Waals surface area contributed by atoms with Gasteiger partial charge in [0.15, 0.2) is 0 Å². The van der Waals surface area contributed by atoms with Gasteiger partial charge in [-0.05, 0) is 42.3 Å². The number of anilines is 1. The molecule has 1 atom stereocenters. The second kappa shape index (κ2) is 4.54. The summed E-state index contributed by atoms with van der Waals surface area (Å²) in [5.41, 5.74) is 3.39. The third-order valence-electron chi connectivity index (χ3n) is 3.12. The van der Waals surface area contributed by atoms with Gasteiger partial charge in [0.2, 0.25) is 0 Å². The first-order valence-corrected chi connectivity index (χ1v) is 6.35. The summed E-state index contributed by atoms with van der Waals surface area (Å²) in [6.07, 6.45) is 0. The van der Waals surface area contributed by atoms with E-state index in [4.69, 9.17) is 16.3 Å². The van der Waals surface area contributed by atoms with Crippen molar-refractivity contribution in [2.45, 2.75) is 13.0 Å². The van der Waals surface area contributed by atoms with Crippen LogP contribution in [0, 0.1) is 6.92 Å². The van der Waals surface area contributed by atoms with Crippen LogP contribution in [0.2, 0.25) is 5.02 Å². The zero-order valence-corrected chi connectivity index (χ0v) is 10.9. The van der Waals surface area contributed by atoms with E-state index in [2.05, 4.69) is 36.5 Å². The molecule has 92 valence electrons. The molecule has 1 N–H and O–H groups in total. The number of hydrogen-bond donors (Lipinski definition) is 1. The summed E-state index contributed by atoms with van der Waals surface area (Å²) in [6.45, 7) is 2.68. The van der Waals surface area contributed by atoms with Crippen LogP contribution in [-0.4, -0.2) is 6.61 Å². The van der Waals surface area contributed by atoms with E-state index < -0.39 is 0 Å². The Kier molecular flexibility index (Phi) is 2.88. The lowest BCUT2D eigenvalue weighted by Crippen LogP contribution is -2.23. The van der Waals surface area contributed by atoms with Crippen molar-refractivity contribution in [1.29, 1.82) is 0 Å². The van der Waals surface area contributed by atoms with Gasteiger partial charge in [0.25, 0.3) is 0 Å². The normalized spacial score (nSPS) is 17.6. The van der Waals surface area contributed by atoms with E-state index >= 15 is 0 Å². The highest BCUT2D eigenvalue weighted by atomic mass is 35.5. The van der Waals surface area contributed by atoms with Crippen molar-refractivity contribution < 1.29 is 4.74 Å². The minimum absolute atomic E-state index is 0.152. The Hall–Kier alpha value is -1.67. The highest BCUT2D eigenvalue weighted by molar-refractivity contribution is 6.30. The molecule has 0 saturated carbocycles. The van der Waals surface area contributed by atoms with Crippen LogP contribution in [0.3, 0.4) is 0 Å². The molecule has 0 saturated heterocycles. The SMILES string of the molecule is Cc1ccc2c(c1)OCC(c1cccc(Cl)c1)N2. The molecule has 18 heavy (non-hydrogen) atoms. The lowest BCUT2D eigenvalue weighted by Gasteiger charge is -2.28. The van der Waals surface area contributed by atoms with Crippen molar-refractivity contribution in [2.75, 3.05) is 11.9 Å². The molecule has 1 heterocycles. The molecule has 1 aliphatic heterocycles. The molecular weight excluding hydrogens is 246 g/mol. The quantitative estimate of drug-likeness (QED) is 0.829. The number of hydrogen-bond acceptors (Lipinski definition) is 2. The summed E-state index contributed by atoms with van der Waals surface area (Å²) in [7, 11) is 0. The number of aryl methyl sites for hydroxylation is 1. The van der Waals surface area contributed by atoms with E-state index in [1.807, 2.05) is 18.2 Å². The predicted molar refractivity (Wildman–Crippen MR) is 74.5 cm³/mol. The first-order chi connectivity index (χ1) is 8.72. The second-order valence-electron chi connectivity index (χ2n) is 4.56. The molecule has 3 heteroatoms. The van der Waals surface area contributed by atoms with Crippen LogP contribution in [0.1, 0.15) is 17.2 Å². The largest absolute Gasteiger partial charge is 0.489 e. The fourth-order valence-electron chi connectivity index (χ4n) is 2.17. The standard InChI is InChI=1S/C15H14ClNO/c1-10-5-6-13-15(7-10)18-9-14(17-13)11-3-2-4-12(16)8-11/h2-8,14,17H,9H2,1H3. The van der Waals surface area contributed by atoms with Crippen LogP contribution in [0.4, 0.5) is 5.69 Å². The van der Waals surface area contributed by atoms with E-state index in [-0.39, 0.29) is 6.04 Å². The average molecular weight is 260 g/mol. The van der Waals surface area contributed by atoms with E-state index in [0.29, 0.717) is 6.61 Å². The molecule has 0 spiro atoms. The van der Waals surface area contributed by atoms with Crippen molar-refractivity contribution in [3.8, 4) is 5.75 Å². The minimum atomic E-state index is 0.152. The Morgan fingerprint density at radius 3 is 2.94 bits per heavy atom. The highest BCUT2D eigenvalue weighted by Gasteiger charge is 2.20. The fourth-order valence-corrected chi connectivity index (χ4v) is 2.37. The van der Waals surface area contributed by atoms with E-state index in [9.17, 15) is 0 Å². The smallest absolute Gasteiger partial charge is 0.142 e. The van der Waals surface area contributed by atoms with Crippen molar-refractivity contribution >= 4 is 17.3 Å². The average Bonchev–Trinajstić information content (AvgIpc) is 2.38. The van der Waals surface area contributed by atoms with Gasteiger partial charge in [0.05, 0.1) is 11.7 Å². The molecule has 2 aromatic rings. The summed E-state index contributed by atoms with van der Waals surface area (Å²) in [6, 6.07) is 14.2. The van der Waals surface area contributed by atoms with Crippen molar-refractivity contribution in [3.05, 3.63) is 58.6 Å². The molecule has 3 rings (SSSR count). The molecule has 0 aliphatic carbocycles. The first kappa shape index (κ1) is 11.4. The topological polar surface area (TPSA) is 21.3 Å². The number of fused-ring (bicyclic) bond motifs is 1. The Bertz CT molecular complexity index is 582. The maximum atomic E-state index is 6.02. The summed E-state index contributed by atoms with van der Waals surface area (Å²) in [5, 5.41) is 4.24. The van der Waals surface area contributed by atoms with Crippen LogP contribution < -0.4 is 10.1 Å². The molecule has 0 aromatic heterocycles. The molecule has 2 nitrogen and oxygen atoms in total. The summed E-state index contributed by atoms with van der Waals surface area (Å²) in [4.78, 5) is 0. The fraction of sp³-hybridized carbons (Fsp3) is 0.200. The van der Waals surface area contributed by atoms with Crippen LogP contribution >= 0.6 is 11.6 Å². The maximum absolute atomic E-state index is 6.02. The van der Waals surface area contributed by atoms with Gasteiger partial charge in [-0.3, -0.25) is 0 Å². The number of rotatable bonds is 1. The van der Waals surface area contributed by atoms with Crippen molar-refractivity contribution in [3.63, 3.8) is 0 Å². The Morgan fingerprint density at radius 1 is 1.22 bits per heavy atom. The first-order valence-electron chi connectivity index (χ1n) is 5.98. The van der Waals surface area contributed by atoms with Crippen LogP contribution in [-0.2, 0) is 0 Å². The number of nitrogens with one attached hydrogen (secondary N) is 1. The summed E-state index contributed by atoms with van der Waals surface area (Å²) in [5.74, 6) is 0.924. The zero-order chi connectivity index (χ0) is 12.5. The Labute approximate surface area is 112 Å². The monoisotopic (exact) mass is 259 g/mol. The van der Waals surface area contributed by atoms with E-state index in [0.717, 1.165) is 22.0 Å². The van der Waals surface area contributed by atoms with Gasteiger partial charge in [-0.15, -0.1) is 0 Å². The zero-order valence-electron chi connectivity index (χ0n) is 10.1. The van der Waals surface area contributed by atoms with Crippen LogP contribution in [0.15, 0.2) is 42.5 Å². The third-order valence-corrected chi connectivity index (χ3v) is 3.36. The molecule has 0 fully saturated rings. The molecule has 0 amide bonds. The number of benzene rings is 2. The number of ether oxygens (including phenoxy) is 1. The van der Waals surface area contributed by atoms with Gasteiger partial charge in [-0.25, -0.2) is 0 Å². The van der Waals surface area contributed by atoms with Gasteiger partial charge < -0.3 is 10.1 Å². The van der Waals surface area contributed by atoms with Gasteiger partial charge >= 0.3 is 0 Å². The Morgan fingerprint density at radius 2 is 2.11 bits per heavy atom. The highest BCUT2D eigenvalue weighted by Crippen LogP contribution is 2.34. The van der Waals surface area contributed by atoms with Gasteiger partial charge in [0.1, 0.15) is 12.4 Å². The van der Waals surface area contributed by atoms with Crippen LogP contribution in [0.25, 0.3) is 0 Å². The summed E-state index contributed by atoms with van der Waals surface area (Å²) >= 11 is 6.02. The molecular formula is C15H14ClNO. The maximum Gasteiger partial charge on any atom is 0.142 e. The molecule has 0 bridgehead atoms. The molecule has 1 unspecified atom stereocenters. The van der Waals surface area contributed by atoms with Gasteiger partial charge in [0, 0.05) is 5.02 Å². The second-order valence-corrected chi connectivity index (χ2v) is 5.00. The van der Waals surface area contributed by atoms with Gasteiger partial charge in [-0.2, -0.15) is 0 Å². The minimum Gasteiger partial charge on any atom is -0.489 e. The van der Waals surface area contributed by atoms with Crippen molar-refractivity contribution in [2.24, 2.45) is 0 Å². The Balaban J connectivity index is 1.89. The third kappa shape index (κ3) is 2.16. The summed E-state index contributed by atoms with van der Waals surface area (Å²) < 4.78 is 5.81. The lowest BCUT2D eigenvalue weighted by atomic mass is 10.1. The van der Waals surface area contributed by atoms with E-state index in [1.165, 1.54) is 5.56 Å². The molecule has 2 aromatic carbocycles. The predicted octanol–water partition coefficient (Wildman–Crippen LogP) is 4.19. The molecule has 0 radical (unpaired) electrons. The van der Waals surface area contributed by atoms with Gasteiger partial charge in [-0.1, -0.05) is 29.8 Å². The van der Waals surface area contributed by atoms with Crippen molar-refractivity contribution in [1.82, 2.24) is 0 Å². The van der Waals surface area contributed by atoms with E-state index in [1.54, 1.807) is 0 Å². The lowest BCUT2D eigenvalue weighted by molar-refractivity contribution is 0.286. The molecule has 1 aliphatic rings. The number of halogens is 1.